The summed E-state index contributed by atoms with van der Waals surface area (Å²) in [7, 11) is 0. The molecular formula is C6H5NO5-2. The van der Waals surface area contributed by atoms with Crippen LogP contribution in [0.5, 0.6) is 0 Å². The van der Waals surface area contributed by atoms with Crippen LogP contribution in [0.4, 0.5) is 4.79 Å². The summed E-state index contributed by atoms with van der Waals surface area (Å²) in [5.41, 5.74) is 0. The van der Waals surface area contributed by atoms with E-state index >= 15 is 0 Å². The summed E-state index contributed by atoms with van der Waals surface area (Å²) < 4.78 is 0. The Morgan fingerprint density at radius 1 is 1.42 bits per heavy atom. The Morgan fingerprint density at radius 2 is 2.00 bits per heavy atom. The lowest BCUT2D eigenvalue weighted by molar-refractivity contribution is -0.314. The highest BCUT2D eigenvalue weighted by Crippen LogP contribution is 2.12. The van der Waals surface area contributed by atoms with E-state index in [0.717, 1.165) is 0 Å². The van der Waals surface area contributed by atoms with Crippen molar-refractivity contribution >= 4 is 17.8 Å². The number of carbonyl (C=O) groups is 3. The van der Waals surface area contributed by atoms with Crippen LogP contribution in [0.1, 0.15) is 6.42 Å². The Balaban J connectivity index is 2.79. The van der Waals surface area contributed by atoms with Crippen molar-refractivity contribution in [1.82, 2.24) is 4.90 Å². The summed E-state index contributed by atoms with van der Waals surface area (Å²) >= 11 is 0. The number of carbonyl (C=O) groups excluding carboxylic acids is 3. The van der Waals surface area contributed by atoms with E-state index in [1.807, 2.05) is 0 Å². The summed E-state index contributed by atoms with van der Waals surface area (Å²) in [6.07, 6.45) is -1.98. The molecule has 1 unspecified atom stereocenters. The molecule has 0 aromatic heterocycles. The molecule has 0 bridgehead atoms. The van der Waals surface area contributed by atoms with Crippen molar-refractivity contribution in [3.05, 3.63) is 0 Å². The van der Waals surface area contributed by atoms with Gasteiger partial charge in [-0.1, -0.05) is 0 Å². The number of amides is 1. The zero-order valence-corrected chi connectivity index (χ0v) is 5.98. The quantitative estimate of drug-likeness (QED) is 0.411. The average Bonchev–Trinajstić information content (AvgIpc) is 2.31. The van der Waals surface area contributed by atoms with Crippen molar-refractivity contribution in [1.29, 1.82) is 0 Å². The smallest absolute Gasteiger partial charge is 0.154 e. The molecule has 0 spiro atoms. The highest BCUT2D eigenvalue weighted by molar-refractivity contribution is 5.94. The molecular weight excluding hydrogens is 166 g/mol. The average molecular weight is 171 g/mol. The molecule has 1 fully saturated rings. The highest BCUT2D eigenvalue weighted by Gasteiger charge is 2.31. The van der Waals surface area contributed by atoms with E-state index in [2.05, 4.69) is 0 Å². The maximum atomic E-state index is 10.6. The molecule has 0 saturated carbocycles. The molecule has 0 aromatic rings. The van der Waals surface area contributed by atoms with Gasteiger partial charge < -0.3 is 24.7 Å². The number of hydrogen-bond acceptors (Lipinski definition) is 5. The van der Waals surface area contributed by atoms with Gasteiger partial charge in [-0.3, -0.25) is 4.79 Å². The highest BCUT2D eigenvalue weighted by atomic mass is 16.4. The van der Waals surface area contributed by atoms with Crippen molar-refractivity contribution in [3.8, 4) is 0 Å². The number of nitrogens with zero attached hydrogens (tertiary/aromatic N) is 1. The molecule has 0 N–H and O–H groups in total. The molecule has 66 valence electrons. The second-order valence-electron chi connectivity index (χ2n) is 2.47. The molecule has 12 heavy (non-hydrogen) atoms. The molecule has 1 heterocycles. The van der Waals surface area contributed by atoms with Gasteiger partial charge in [0.25, 0.3) is 0 Å². The van der Waals surface area contributed by atoms with Gasteiger partial charge in [0.2, 0.25) is 0 Å². The predicted octanol–water partition coefficient (Wildman–Crippen LogP) is -3.28. The molecule has 1 aliphatic rings. The molecule has 0 radical (unpaired) electrons. The second kappa shape index (κ2) is 2.80. The lowest BCUT2D eigenvalue weighted by Crippen LogP contribution is -2.51. The topological polar surface area (TPSA) is 101 Å². The number of ketones is 1. The lowest BCUT2D eigenvalue weighted by Gasteiger charge is -2.26. The molecule has 1 amide bonds. The summed E-state index contributed by atoms with van der Waals surface area (Å²) in [4.78, 5) is 31.6. The number of carboxylic acid groups (broad SMARTS) is 2. The predicted molar refractivity (Wildman–Crippen MR) is 30.5 cm³/mol. The second-order valence-corrected chi connectivity index (χ2v) is 2.47. The Labute approximate surface area is 67.4 Å². The van der Waals surface area contributed by atoms with Crippen molar-refractivity contribution in [2.45, 2.75) is 12.5 Å². The summed E-state index contributed by atoms with van der Waals surface area (Å²) in [5.74, 6) is -2.00. The maximum Gasteiger partial charge on any atom is 0.154 e. The van der Waals surface area contributed by atoms with Crippen LogP contribution < -0.4 is 10.2 Å². The molecule has 1 saturated heterocycles. The Morgan fingerprint density at radius 3 is 2.33 bits per heavy atom. The van der Waals surface area contributed by atoms with Crippen LogP contribution in [0.15, 0.2) is 0 Å². The van der Waals surface area contributed by atoms with E-state index in [1.54, 1.807) is 0 Å². The number of likely N-dealkylation sites (tertiary alicyclic amines) is 1. The van der Waals surface area contributed by atoms with E-state index < -0.39 is 30.4 Å². The largest absolute Gasteiger partial charge is 0.548 e. The summed E-state index contributed by atoms with van der Waals surface area (Å²) in [5, 5.41) is 20.5. The van der Waals surface area contributed by atoms with E-state index in [9.17, 15) is 24.6 Å². The Bertz CT molecular complexity index is 224. The zero-order chi connectivity index (χ0) is 9.30. The van der Waals surface area contributed by atoms with Crippen molar-refractivity contribution < 1.29 is 24.6 Å². The molecule has 6 heteroatoms. The molecule has 0 aliphatic carbocycles. The number of hydrogen-bond donors (Lipinski definition) is 0. The fourth-order valence-electron chi connectivity index (χ4n) is 1.09. The first-order valence-electron chi connectivity index (χ1n) is 3.22. The number of rotatable bonds is 1. The van der Waals surface area contributed by atoms with Gasteiger partial charge in [0.15, 0.2) is 5.78 Å². The van der Waals surface area contributed by atoms with E-state index in [4.69, 9.17) is 0 Å². The maximum absolute atomic E-state index is 10.6. The van der Waals surface area contributed by atoms with Gasteiger partial charge in [-0.15, -0.1) is 0 Å². The lowest BCUT2D eigenvalue weighted by atomic mass is 10.2. The van der Waals surface area contributed by atoms with Crippen molar-refractivity contribution in [2.75, 3.05) is 6.54 Å². The van der Waals surface area contributed by atoms with Gasteiger partial charge in [0.1, 0.15) is 6.09 Å². The molecule has 1 rings (SSSR count). The standard InChI is InChI=1S/C6H7NO5/c8-3-1-4(5(9)10)7(2-3)6(11)12/h4H,1-2H2,(H,9,10)(H,11,12)/p-2. The van der Waals surface area contributed by atoms with Gasteiger partial charge in [-0.2, -0.15) is 0 Å². The summed E-state index contributed by atoms with van der Waals surface area (Å²) in [6, 6.07) is -1.37. The van der Waals surface area contributed by atoms with Crippen LogP contribution in [0, 0.1) is 0 Å². The molecule has 1 atom stereocenters. The SMILES string of the molecule is O=C1CC(C(=O)[O-])N(C(=O)[O-])C1. The van der Waals surface area contributed by atoms with Crippen molar-refractivity contribution in [2.24, 2.45) is 0 Å². The van der Waals surface area contributed by atoms with Crippen LogP contribution in [0.3, 0.4) is 0 Å². The van der Waals surface area contributed by atoms with Gasteiger partial charge in [0, 0.05) is 6.42 Å². The normalized spacial score (nSPS) is 22.8. The Hall–Kier alpha value is -1.59. The number of Topliss-reactive ketones (excluding diaryl/α,β-unsaturated/α-hetero) is 1. The van der Waals surface area contributed by atoms with E-state index in [0.29, 0.717) is 4.90 Å². The fraction of sp³-hybridized carbons (Fsp3) is 0.500. The van der Waals surface area contributed by atoms with Crippen LogP contribution >= 0.6 is 0 Å². The van der Waals surface area contributed by atoms with Crippen LogP contribution in [0.2, 0.25) is 0 Å². The number of aliphatic carboxylic acids is 1. The van der Waals surface area contributed by atoms with Crippen molar-refractivity contribution in [3.63, 3.8) is 0 Å². The van der Waals surface area contributed by atoms with Crippen LogP contribution in [-0.4, -0.2) is 35.3 Å². The van der Waals surface area contributed by atoms with E-state index in [-0.39, 0.29) is 6.42 Å². The third kappa shape index (κ3) is 1.36. The van der Waals surface area contributed by atoms with Crippen LogP contribution in [0.25, 0.3) is 0 Å². The molecule has 0 aromatic carbocycles. The fourth-order valence-corrected chi connectivity index (χ4v) is 1.09. The number of carboxylic acids is 1. The minimum atomic E-state index is -1.66. The Kier molecular flexibility index (Phi) is 1.99. The van der Waals surface area contributed by atoms with Crippen LogP contribution in [-0.2, 0) is 9.59 Å². The first-order chi connectivity index (χ1) is 5.52. The summed E-state index contributed by atoms with van der Waals surface area (Å²) in [6.45, 7) is -0.416. The molecule has 6 nitrogen and oxygen atoms in total. The van der Waals surface area contributed by atoms with Gasteiger partial charge in [-0.05, 0) is 0 Å². The van der Waals surface area contributed by atoms with Gasteiger partial charge >= 0.3 is 0 Å². The molecule has 1 aliphatic heterocycles. The van der Waals surface area contributed by atoms with Gasteiger partial charge in [0.05, 0.1) is 18.6 Å². The monoisotopic (exact) mass is 171 g/mol. The minimum Gasteiger partial charge on any atom is -0.548 e. The minimum absolute atomic E-state index is 0.323. The third-order valence-electron chi connectivity index (χ3n) is 1.65. The van der Waals surface area contributed by atoms with E-state index in [1.165, 1.54) is 0 Å². The zero-order valence-electron chi connectivity index (χ0n) is 5.98. The first-order valence-corrected chi connectivity index (χ1v) is 3.22. The first kappa shape index (κ1) is 8.51. The third-order valence-corrected chi connectivity index (χ3v) is 1.65. The van der Waals surface area contributed by atoms with Gasteiger partial charge in [-0.25, -0.2) is 0 Å².